The van der Waals surface area contributed by atoms with Crippen molar-refractivity contribution < 1.29 is 9.59 Å². The second kappa shape index (κ2) is 7.39. The fraction of sp³-hybridized carbons (Fsp3) is 0.857. The molecule has 2 amide bonds. The SMILES string of the molecule is CCCC(=O)N1CCCN(C(=O)CC(C)C)CC1. The number of carbonyl (C=O) groups is 2. The normalized spacial score (nSPS) is 16.9. The summed E-state index contributed by atoms with van der Waals surface area (Å²) in [7, 11) is 0. The van der Waals surface area contributed by atoms with Gasteiger partial charge in [-0.05, 0) is 18.8 Å². The highest BCUT2D eigenvalue weighted by Crippen LogP contribution is 2.10. The molecule has 104 valence electrons. The number of hydrogen-bond donors (Lipinski definition) is 0. The third-order valence-corrected chi connectivity index (χ3v) is 3.25. The van der Waals surface area contributed by atoms with Crippen LogP contribution in [0.25, 0.3) is 0 Å². The van der Waals surface area contributed by atoms with Crippen molar-refractivity contribution in [2.45, 2.75) is 46.5 Å². The van der Waals surface area contributed by atoms with E-state index in [0.29, 0.717) is 31.8 Å². The second-order valence-electron chi connectivity index (χ2n) is 5.46. The van der Waals surface area contributed by atoms with Crippen LogP contribution >= 0.6 is 0 Å². The fourth-order valence-corrected chi connectivity index (χ4v) is 2.27. The molecular weight excluding hydrogens is 228 g/mol. The first-order valence-electron chi connectivity index (χ1n) is 7.10. The predicted octanol–water partition coefficient (Wildman–Crippen LogP) is 1.89. The van der Waals surface area contributed by atoms with E-state index in [9.17, 15) is 9.59 Å². The molecule has 18 heavy (non-hydrogen) atoms. The lowest BCUT2D eigenvalue weighted by atomic mass is 10.1. The zero-order chi connectivity index (χ0) is 13.5. The highest BCUT2D eigenvalue weighted by atomic mass is 16.2. The molecule has 0 radical (unpaired) electrons. The summed E-state index contributed by atoms with van der Waals surface area (Å²) in [6.07, 6.45) is 3.04. The van der Waals surface area contributed by atoms with Gasteiger partial charge in [-0.1, -0.05) is 20.8 Å². The highest BCUT2D eigenvalue weighted by molar-refractivity contribution is 5.77. The van der Waals surface area contributed by atoms with Crippen molar-refractivity contribution in [3.8, 4) is 0 Å². The molecule has 0 aromatic carbocycles. The molecule has 4 heteroatoms. The van der Waals surface area contributed by atoms with Crippen LogP contribution in [-0.4, -0.2) is 47.8 Å². The molecule has 1 saturated heterocycles. The van der Waals surface area contributed by atoms with Gasteiger partial charge in [-0.3, -0.25) is 9.59 Å². The van der Waals surface area contributed by atoms with E-state index >= 15 is 0 Å². The molecule has 0 saturated carbocycles. The molecule has 0 bridgehead atoms. The van der Waals surface area contributed by atoms with Crippen molar-refractivity contribution in [3.63, 3.8) is 0 Å². The minimum absolute atomic E-state index is 0.231. The van der Waals surface area contributed by atoms with E-state index in [1.54, 1.807) is 0 Å². The molecule has 1 aliphatic heterocycles. The molecule has 1 rings (SSSR count). The van der Waals surface area contributed by atoms with Gasteiger partial charge in [0, 0.05) is 39.0 Å². The summed E-state index contributed by atoms with van der Waals surface area (Å²) in [6.45, 7) is 9.13. The Hall–Kier alpha value is -1.06. The Labute approximate surface area is 110 Å². The number of carbonyl (C=O) groups excluding carboxylic acids is 2. The molecule has 0 aromatic rings. The van der Waals surface area contributed by atoms with Crippen molar-refractivity contribution >= 4 is 11.8 Å². The lowest BCUT2D eigenvalue weighted by molar-refractivity contribution is -0.134. The summed E-state index contributed by atoms with van der Waals surface area (Å²) in [5.74, 6) is 0.865. The Kier molecular flexibility index (Phi) is 6.16. The summed E-state index contributed by atoms with van der Waals surface area (Å²) >= 11 is 0. The van der Waals surface area contributed by atoms with Crippen molar-refractivity contribution in [2.75, 3.05) is 26.2 Å². The largest absolute Gasteiger partial charge is 0.341 e. The first-order chi connectivity index (χ1) is 8.54. The lowest BCUT2D eigenvalue weighted by Gasteiger charge is -2.22. The molecule has 0 N–H and O–H groups in total. The summed E-state index contributed by atoms with van der Waals surface area (Å²) < 4.78 is 0. The summed E-state index contributed by atoms with van der Waals surface area (Å²) in [5, 5.41) is 0. The van der Waals surface area contributed by atoms with Gasteiger partial charge in [-0.2, -0.15) is 0 Å². The van der Waals surface area contributed by atoms with Crippen molar-refractivity contribution in [1.82, 2.24) is 9.80 Å². The Bertz CT molecular complexity index is 290. The van der Waals surface area contributed by atoms with Gasteiger partial charge in [0.1, 0.15) is 0 Å². The fourth-order valence-electron chi connectivity index (χ4n) is 2.27. The van der Waals surface area contributed by atoms with Crippen molar-refractivity contribution in [3.05, 3.63) is 0 Å². The molecule has 0 aromatic heterocycles. The smallest absolute Gasteiger partial charge is 0.222 e. The van der Waals surface area contributed by atoms with Crippen LogP contribution in [0.2, 0.25) is 0 Å². The van der Waals surface area contributed by atoms with E-state index in [1.165, 1.54) is 0 Å². The quantitative estimate of drug-likeness (QED) is 0.768. The van der Waals surface area contributed by atoms with Gasteiger partial charge in [-0.25, -0.2) is 0 Å². The number of hydrogen-bond acceptors (Lipinski definition) is 2. The molecule has 1 fully saturated rings. The van der Waals surface area contributed by atoms with E-state index in [0.717, 1.165) is 25.9 Å². The van der Waals surface area contributed by atoms with Crippen LogP contribution in [0.1, 0.15) is 46.5 Å². The van der Waals surface area contributed by atoms with E-state index < -0.39 is 0 Å². The van der Waals surface area contributed by atoms with Crippen LogP contribution in [0, 0.1) is 5.92 Å². The second-order valence-corrected chi connectivity index (χ2v) is 5.46. The molecule has 0 unspecified atom stereocenters. The zero-order valence-electron chi connectivity index (χ0n) is 11.9. The van der Waals surface area contributed by atoms with E-state index in [1.807, 2.05) is 16.7 Å². The topological polar surface area (TPSA) is 40.6 Å². The number of amides is 2. The van der Waals surface area contributed by atoms with Crippen LogP contribution in [0.15, 0.2) is 0 Å². The van der Waals surface area contributed by atoms with Crippen LogP contribution < -0.4 is 0 Å². The van der Waals surface area contributed by atoms with Gasteiger partial charge in [0.2, 0.25) is 11.8 Å². The maximum absolute atomic E-state index is 12.0. The van der Waals surface area contributed by atoms with Crippen LogP contribution in [0.3, 0.4) is 0 Å². The number of nitrogens with zero attached hydrogens (tertiary/aromatic N) is 2. The molecule has 1 heterocycles. The van der Waals surface area contributed by atoms with E-state index in [2.05, 4.69) is 13.8 Å². The first-order valence-corrected chi connectivity index (χ1v) is 7.10. The van der Waals surface area contributed by atoms with Crippen LogP contribution in [0.5, 0.6) is 0 Å². The van der Waals surface area contributed by atoms with E-state index in [-0.39, 0.29) is 11.8 Å². The van der Waals surface area contributed by atoms with Crippen LogP contribution in [0.4, 0.5) is 0 Å². The number of rotatable bonds is 4. The Morgan fingerprint density at radius 3 is 2.06 bits per heavy atom. The molecule has 0 spiro atoms. The molecular formula is C14H26N2O2. The highest BCUT2D eigenvalue weighted by Gasteiger charge is 2.21. The third-order valence-electron chi connectivity index (χ3n) is 3.25. The third kappa shape index (κ3) is 4.67. The van der Waals surface area contributed by atoms with Crippen molar-refractivity contribution in [1.29, 1.82) is 0 Å². The maximum atomic E-state index is 12.0. The minimum atomic E-state index is 0.231. The monoisotopic (exact) mass is 254 g/mol. The average Bonchev–Trinajstić information content (AvgIpc) is 2.53. The standard InChI is InChI=1S/C14H26N2O2/c1-4-6-13(17)15-7-5-8-16(10-9-15)14(18)11-12(2)3/h12H,4-11H2,1-3H3. The lowest BCUT2D eigenvalue weighted by Crippen LogP contribution is -2.37. The first kappa shape index (κ1) is 15.0. The van der Waals surface area contributed by atoms with Gasteiger partial charge in [-0.15, -0.1) is 0 Å². The Morgan fingerprint density at radius 2 is 1.56 bits per heavy atom. The average molecular weight is 254 g/mol. The molecule has 0 atom stereocenters. The van der Waals surface area contributed by atoms with Crippen molar-refractivity contribution in [2.24, 2.45) is 5.92 Å². The molecule has 4 nitrogen and oxygen atoms in total. The maximum Gasteiger partial charge on any atom is 0.222 e. The van der Waals surface area contributed by atoms with Gasteiger partial charge in [0.15, 0.2) is 0 Å². The Balaban J connectivity index is 2.45. The van der Waals surface area contributed by atoms with Crippen LogP contribution in [-0.2, 0) is 9.59 Å². The van der Waals surface area contributed by atoms with E-state index in [4.69, 9.17) is 0 Å². The Morgan fingerprint density at radius 1 is 1.00 bits per heavy atom. The van der Waals surface area contributed by atoms with Gasteiger partial charge < -0.3 is 9.80 Å². The summed E-state index contributed by atoms with van der Waals surface area (Å²) in [5.41, 5.74) is 0. The van der Waals surface area contributed by atoms with Gasteiger partial charge in [0.05, 0.1) is 0 Å². The zero-order valence-corrected chi connectivity index (χ0v) is 11.9. The molecule has 0 aliphatic carbocycles. The minimum Gasteiger partial charge on any atom is -0.341 e. The predicted molar refractivity (Wildman–Crippen MR) is 72.1 cm³/mol. The van der Waals surface area contributed by atoms with Gasteiger partial charge >= 0.3 is 0 Å². The summed E-state index contributed by atoms with van der Waals surface area (Å²) in [6, 6.07) is 0. The summed E-state index contributed by atoms with van der Waals surface area (Å²) in [4.78, 5) is 27.6. The molecule has 1 aliphatic rings. The van der Waals surface area contributed by atoms with Gasteiger partial charge in [0.25, 0.3) is 0 Å².